The molecule has 1 fully saturated rings. The summed E-state index contributed by atoms with van der Waals surface area (Å²) in [4.78, 5) is 0. The zero-order chi connectivity index (χ0) is 13.5. The minimum Gasteiger partial charge on any atom is -0.495 e. The van der Waals surface area contributed by atoms with E-state index in [2.05, 4.69) is 11.8 Å². The number of rotatable bonds is 6. The maximum absolute atomic E-state index is 5.69. The Morgan fingerprint density at radius 1 is 1.37 bits per heavy atom. The minimum atomic E-state index is 0.352. The SMILES string of the molecule is COc1ccc(COCCC2CC2)cc1C#CCN. The highest BCUT2D eigenvalue weighted by molar-refractivity contribution is 5.48. The van der Waals surface area contributed by atoms with E-state index in [4.69, 9.17) is 15.2 Å². The van der Waals surface area contributed by atoms with Gasteiger partial charge in [0.25, 0.3) is 0 Å². The van der Waals surface area contributed by atoms with Gasteiger partial charge in [-0.1, -0.05) is 30.7 Å². The number of ether oxygens (including phenoxy) is 2. The molecule has 1 aliphatic carbocycles. The monoisotopic (exact) mass is 259 g/mol. The summed E-state index contributed by atoms with van der Waals surface area (Å²) >= 11 is 0. The van der Waals surface area contributed by atoms with Gasteiger partial charge in [0.2, 0.25) is 0 Å². The molecule has 1 aliphatic rings. The molecular weight excluding hydrogens is 238 g/mol. The summed E-state index contributed by atoms with van der Waals surface area (Å²) < 4.78 is 11.0. The van der Waals surface area contributed by atoms with Gasteiger partial charge in [-0.3, -0.25) is 0 Å². The van der Waals surface area contributed by atoms with Gasteiger partial charge in [-0.05, 0) is 30.0 Å². The van der Waals surface area contributed by atoms with Crippen LogP contribution in [0.5, 0.6) is 5.75 Å². The average Bonchev–Trinajstić information content (AvgIpc) is 3.25. The highest BCUT2D eigenvalue weighted by Gasteiger charge is 2.20. The third kappa shape index (κ3) is 4.59. The molecule has 1 aromatic carbocycles. The zero-order valence-electron chi connectivity index (χ0n) is 11.4. The Morgan fingerprint density at radius 3 is 2.89 bits per heavy atom. The summed E-state index contributed by atoms with van der Waals surface area (Å²) in [6.45, 7) is 1.83. The summed E-state index contributed by atoms with van der Waals surface area (Å²) in [5.41, 5.74) is 7.39. The topological polar surface area (TPSA) is 44.5 Å². The first-order valence-corrected chi connectivity index (χ1v) is 6.77. The fraction of sp³-hybridized carbons (Fsp3) is 0.500. The molecule has 1 aromatic rings. The van der Waals surface area contributed by atoms with Gasteiger partial charge < -0.3 is 15.2 Å². The molecule has 19 heavy (non-hydrogen) atoms. The van der Waals surface area contributed by atoms with E-state index in [-0.39, 0.29) is 0 Å². The molecule has 0 spiro atoms. The minimum absolute atomic E-state index is 0.352. The molecule has 0 aromatic heterocycles. The van der Waals surface area contributed by atoms with Crippen molar-refractivity contribution in [3.05, 3.63) is 29.3 Å². The molecule has 0 amide bonds. The molecule has 0 aliphatic heterocycles. The molecular formula is C16H21NO2. The molecule has 0 saturated heterocycles. The maximum Gasteiger partial charge on any atom is 0.134 e. The molecule has 0 atom stereocenters. The van der Waals surface area contributed by atoms with Crippen molar-refractivity contribution < 1.29 is 9.47 Å². The van der Waals surface area contributed by atoms with E-state index < -0.39 is 0 Å². The van der Waals surface area contributed by atoms with Crippen LogP contribution in [0.2, 0.25) is 0 Å². The summed E-state index contributed by atoms with van der Waals surface area (Å²) in [6.07, 6.45) is 3.95. The molecule has 2 rings (SSSR count). The lowest BCUT2D eigenvalue weighted by Crippen LogP contribution is -1.98. The van der Waals surface area contributed by atoms with E-state index in [9.17, 15) is 0 Å². The van der Waals surface area contributed by atoms with Gasteiger partial charge in [0.05, 0.1) is 25.8 Å². The largest absolute Gasteiger partial charge is 0.495 e. The van der Waals surface area contributed by atoms with Crippen LogP contribution in [0.1, 0.15) is 30.4 Å². The normalized spacial score (nSPS) is 13.8. The zero-order valence-corrected chi connectivity index (χ0v) is 11.4. The third-order valence-electron chi connectivity index (χ3n) is 3.23. The van der Waals surface area contributed by atoms with Gasteiger partial charge in [-0.2, -0.15) is 0 Å². The smallest absolute Gasteiger partial charge is 0.134 e. The molecule has 0 radical (unpaired) electrons. The fourth-order valence-corrected chi connectivity index (χ4v) is 1.94. The lowest BCUT2D eigenvalue weighted by Gasteiger charge is -2.07. The summed E-state index contributed by atoms with van der Waals surface area (Å²) in [5, 5.41) is 0. The fourth-order valence-electron chi connectivity index (χ4n) is 1.94. The molecule has 0 bridgehead atoms. The highest BCUT2D eigenvalue weighted by atomic mass is 16.5. The van der Waals surface area contributed by atoms with E-state index >= 15 is 0 Å². The highest BCUT2D eigenvalue weighted by Crippen LogP contribution is 2.32. The van der Waals surface area contributed by atoms with Crippen LogP contribution in [0.3, 0.4) is 0 Å². The van der Waals surface area contributed by atoms with E-state index in [1.54, 1.807) is 7.11 Å². The Kier molecular flexibility index (Phi) is 5.26. The molecule has 0 unspecified atom stereocenters. The molecule has 0 heterocycles. The van der Waals surface area contributed by atoms with E-state index in [1.165, 1.54) is 19.3 Å². The lowest BCUT2D eigenvalue weighted by atomic mass is 10.1. The van der Waals surface area contributed by atoms with Crippen LogP contribution in [0, 0.1) is 17.8 Å². The summed E-state index contributed by atoms with van der Waals surface area (Å²) in [5.74, 6) is 7.58. The first kappa shape index (κ1) is 13.9. The standard InChI is InChI=1S/C16H21NO2/c1-18-16-7-6-14(11-15(16)3-2-9-17)12-19-10-8-13-4-5-13/h6-7,11,13H,4-5,8-10,12,17H2,1H3. The van der Waals surface area contributed by atoms with Gasteiger partial charge in [0.15, 0.2) is 0 Å². The molecule has 1 saturated carbocycles. The van der Waals surface area contributed by atoms with Gasteiger partial charge in [0.1, 0.15) is 5.75 Å². The first-order chi connectivity index (χ1) is 9.33. The van der Waals surface area contributed by atoms with E-state index in [0.717, 1.165) is 29.4 Å². The number of methoxy groups -OCH3 is 1. The molecule has 3 heteroatoms. The number of benzene rings is 1. The predicted molar refractivity (Wildman–Crippen MR) is 75.9 cm³/mol. The van der Waals surface area contributed by atoms with Crippen molar-refractivity contribution in [3.63, 3.8) is 0 Å². The van der Waals surface area contributed by atoms with Crippen LogP contribution in [0.15, 0.2) is 18.2 Å². The second kappa shape index (κ2) is 7.18. The summed E-state index contributed by atoms with van der Waals surface area (Å²) in [7, 11) is 1.65. The van der Waals surface area contributed by atoms with Gasteiger partial charge in [-0.25, -0.2) is 0 Å². The quantitative estimate of drug-likeness (QED) is 0.630. The second-order valence-electron chi connectivity index (χ2n) is 4.83. The van der Waals surface area contributed by atoms with Crippen molar-refractivity contribution in [2.45, 2.75) is 25.9 Å². The van der Waals surface area contributed by atoms with Crippen molar-refractivity contribution in [2.24, 2.45) is 11.7 Å². The Balaban J connectivity index is 1.91. The van der Waals surface area contributed by atoms with Crippen molar-refractivity contribution in [1.29, 1.82) is 0 Å². The summed E-state index contributed by atoms with van der Waals surface area (Å²) in [6, 6.07) is 5.96. The Hall–Kier alpha value is -1.50. The first-order valence-electron chi connectivity index (χ1n) is 6.77. The maximum atomic E-state index is 5.69. The van der Waals surface area contributed by atoms with E-state index in [0.29, 0.717) is 13.2 Å². The van der Waals surface area contributed by atoms with Gasteiger partial charge >= 0.3 is 0 Å². The van der Waals surface area contributed by atoms with Crippen LogP contribution < -0.4 is 10.5 Å². The molecule has 102 valence electrons. The van der Waals surface area contributed by atoms with Crippen molar-refractivity contribution in [2.75, 3.05) is 20.3 Å². The van der Waals surface area contributed by atoms with Crippen molar-refractivity contribution in [1.82, 2.24) is 0 Å². The number of nitrogens with two attached hydrogens (primary N) is 1. The van der Waals surface area contributed by atoms with Gasteiger partial charge in [0, 0.05) is 6.61 Å². The Labute approximate surface area is 115 Å². The third-order valence-corrected chi connectivity index (χ3v) is 3.23. The second-order valence-corrected chi connectivity index (χ2v) is 4.83. The van der Waals surface area contributed by atoms with Crippen LogP contribution in [-0.4, -0.2) is 20.3 Å². The van der Waals surface area contributed by atoms with Crippen molar-refractivity contribution >= 4 is 0 Å². The van der Waals surface area contributed by atoms with Crippen LogP contribution in [0.4, 0.5) is 0 Å². The van der Waals surface area contributed by atoms with Crippen LogP contribution in [-0.2, 0) is 11.3 Å². The Morgan fingerprint density at radius 2 is 2.21 bits per heavy atom. The van der Waals surface area contributed by atoms with Crippen LogP contribution >= 0.6 is 0 Å². The predicted octanol–water partition coefficient (Wildman–Crippen LogP) is 2.32. The van der Waals surface area contributed by atoms with Gasteiger partial charge in [-0.15, -0.1) is 0 Å². The van der Waals surface area contributed by atoms with Crippen LogP contribution in [0.25, 0.3) is 0 Å². The Bertz CT molecular complexity index is 469. The van der Waals surface area contributed by atoms with Crippen molar-refractivity contribution in [3.8, 4) is 17.6 Å². The average molecular weight is 259 g/mol. The number of hydrogen-bond acceptors (Lipinski definition) is 3. The van der Waals surface area contributed by atoms with E-state index in [1.807, 2.05) is 18.2 Å². The molecule has 2 N–H and O–H groups in total. The molecule has 3 nitrogen and oxygen atoms in total. The number of hydrogen-bond donors (Lipinski definition) is 1. The lowest BCUT2D eigenvalue weighted by molar-refractivity contribution is 0.115.